The molecule has 0 amide bonds. The average Bonchev–Trinajstić information content (AvgIpc) is 2.34. The van der Waals surface area contributed by atoms with Gasteiger partial charge >= 0.3 is 0 Å². The van der Waals surface area contributed by atoms with Gasteiger partial charge in [0.25, 0.3) is 0 Å². The van der Waals surface area contributed by atoms with Gasteiger partial charge in [0.15, 0.2) is 11.6 Å². The molecule has 0 aliphatic rings. The zero-order chi connectivity index (χ0) is 14.9. The summed E-state index contributed by atoms with van der Waals surface area (Å²) in [5.41, 5.74) is 0.320. The molecule has 0 radical (unpaired) electrons. The zero-order valence-electron chi connectivity index (χ0n) is 10.0. The van der Waals surface area contributed by atoms with Crippen LogP contribution in [0.2, 0.25) is 0 Å². The Kier molecular flexibility index (Phi) is 4.45. The fourth-order valence-corrected chi connectivity index (χ4v) is 2.45. The molecule has 106 valence electrons. The minimum atomic E-state index is -1.22. The van der Waals surface area contributed by atoms with E-state index in [0.717, 1.165) is 18.2 Å². The zero-order valence-corrected chi connectivity index (χ0v) is 11.6. The molecular weight excluding hydrogens is 340 g/mol. The van der Waals surface area contributed by atoms with Gasteiger partial charge < -0.3 is 5.11 Å². The lowest BCUT2D eigenvalue weighted by Crippen LogP contribution is -2.05. The maximum atomic E-state index is 13.4. The minimum Gasteiger partial charge on any atom is -0.388 e. The second kappa shape index (κ2) is 5.93. The number of halogens is 5. The van der Waals surface area contributed by atoms with Gasteiger partial charge in [0.05, 0.1) is 10.6 Å². The molecule has 1 unspecified atom stereocenters. The molecule has 1 nitrogen and oxygen atoms in total. The molecule has 0 aromatic heterocycles. The van der Waals surface area contributed by atoms with Crippen LogP contribution in [0.1, 0.15) is 17.2 Å². The van der Waals surface area contributed by atoms with Crippen molar-refractivity contribution in [2.45, 2.75) is 12.5 Å². The van der Waals surface area contributed by atoms with Crippen LogP contribution in [0, 0.1) is 23.3 Å². The normalized spacial score (nSPS) is 12.5. The molecule has 0 heterocycles. The maximum absolute atomic E-state index is 13.4. The van der Waals surface area contributed by atoms with Crippen molar-refractivity contribution >= 4 is 15.9 Å². The van der Waals surface area contributed by atoms with Crippen LogP contribution < -0.4 is 0 Å². The van der Waals surface area contributed by atoms with Gasteiger partial charge in [0, 0.05) is 12.5 Å². The topological polar surface area (TPSA) is 20.2 Å². The van der Waals surface area contributed by atoms with Crippen LogP contribution in [0.25, 0.3) is 0 Å². The molecule has 2 aromatic rings. The van der Waals surface area contributed by atoms with E-state index in [0.29, 0.717) is 6.07 Å². The molecule has 0 spiro atoms. The lowest BCUT2D eigenvalue weighted by Gasteiger charge is -2.14. The molecule has 6 heteroatoms. The first kappa shape index (κ1) is 15.0. The minimum absolute atomic E-state index is 0.105. The third-order valence-electron chi connectivity index (χ3n) is 2.78. The third kappa shape index (κ3) is 3.19. The fourth-order valence-electron chi connectivity index (χ4n) is 1.86. The van der Waals surface area contributed by atoms with Crippen molar-refractivity contribution < 1.29 is 22.7 Å². The Labute approximate surface area is 121 Å². The van der Waals surface area contributed by atoms with E-state index >= 15 is 0 Å². The molecule has 0 fully saturated rings. The summed E-state index contributed by atoms with van der Waals surface area (Å²) in [6, 6.07) is 4.94. The van der Waals surface area contributed by atoms with E-state index in [2.05, 4.69) is 15.9 Å². The predicted molar refractivity (Wildman–Crippen MR) is 69.1 cm³/mol. The van der Waals surface area contributed by atoms with Gasteiger partial charge in [-0.15, -0.1) is 0 Å². The molecular formula is C14H9BrF4O. The summed E-state index contributed by atoms with van der Waals surface area (Å²) < 4.78 is 52.2. The van der Waals surface area contributed by atoms with Crippen molar-refractivity contribution in [1.29, 1.82) is 0 Å². The standard InChI is InChI=1S/C14H9BrF4O/c15-13-10(1-2-11(18)14(13)19)12(20)5-7-3-8(16)6-9(17)4-7/h1-4,6,12,20H,5H2. The largest absolute Gasteiger partial charge is 0.388 e. The lowest BCUT2D eigenvalue weighted by atomic mass is 10.0. The molecule has 2 aromatic carbocycles. The van der Waals surface area contributed by atoms with E-state index in [1.165, 1.54) is 6.07 Å². The Morgan fingerprint density at radius 1 is 1.00 bits per heavy atom. The van der Waals surface area contributed by atoms with Crippen LogP contribution in [0.3, 0.4) is 0 Å². The van der Waals surface area contributed by atoms with Crippen molar-refractivity contribution in [2.24, 2.45) is 0 Å². The first-order valence-electron chi connectivity index (χ1n) is 5.65. The van der Waals surface area contributed by atoms with E-state index in [4.69, 9.17) is 0 Å². The average molecular weight is 349 g/mol. The summed E-state index contributed by atoms with van der Waals surface area (Å²) in [5.74, 6) is -3.70. The van der Waals surface area contributed by atoms with Crippen LogP contribution >= 0.6 is 15.9 Å². The molecule has 1 atom stereocenters. The highest BCUT2D eigenvalue weighted by atomic mass is 79.9. The maximum Gasteiger partial charge on any atom is 0.173 e. The summed E-state index contributed by atoms with van der Waals surface area (Å²) in [5, 5.41) is 9.99. The molecule has 20 heavy (non-hydrogen) atoms. The number of aliphatic hydroxyl groups is 1. The Morgan fingerprint density at radius 2 is 1.60 bits per heavy atom. The van der Waals surface area contributed by atoms with Crippen LogP contribution in [0.4, 0.5) is 17.6 Å². The fraction of sp³-hybridized carbons (Fsp3) is 0.143. The SMILES string of the molecule is OC(Cc1cc(F)cc(F)c1)c1ccc(F)c(F)c1Br. The summed E-state index contributed by atoms with van der Waals surface area (Å²) >= 11 is 2.85. The van der Waals surface area contributed by atoms with E-state index in [-0.39, 0.29) is 22.0 Å². The first-order valence-corrected chi connectivity index (χ1v) is 6.44. The van der Waals surface area contributed by atoms with E-state index in [1.807, 2.05) is 0 Å². The molecule has 0 bridgehead atoms. The van der Waals surface area contributed by atoms with Crippen LogP contribution in [0.5, 0.6) is 0 Å². The van der Waals surface area contributed by atoms with E-state index in [1.54, 1.807) is 0 Å². The van der Waals surface area contributed by atoms with Gasteiger partial charge in [-0.2, -0.15) is 0 Å². The van der Waals surface area contributed by atoms with Crippen molar-refractivity contribution in [3.05, 3.63) is 69.2 Å². The van der Waals surface area contributed by atoms with Gasteiger partial charge in [-0.3, -0.25) is 0 Å². The van der Waals surface area contributed by atoms with Crippen LogP contribution in [0.15, 0.2) is 34.8 Å². The third-order valence-corrected chi connectivity index (χ3v) is 3.58. The number of aliphatic hydroxyl groups excluding tert-OH is 1. The van der Waals surface area contributed by atoms with Crippen molar-refractivity contribution in [2.75, 3.05) is 0 Å². The van der Waals surface area contributed by atoms with Crippen molar-refractivity contribution in [1.82, 2.24) is 0 Å². The highest BCUT2D eigenvalue weighted by Gasteiger charge is 2.18. The van der Waals surface area contributed by atoms with Gasteiger partial charge in [-0.05, 0) is 45.3 Å². The number of rotatable bonds is 3. The molecule has 0 saturated carbocycles. The van der Waals surface area contributed by atoms with E-state index in [9.17, 15) is 22.7 Å². The lowest BCUT2D eigenvalue weighted by molar-refractivity contribution is 0.176. The van der Waals surface area contributed by atoms with Crippen molar-refractivity contribution in [3.8, 4) is 0 Å². The second-order valence-electron chi connectivity index (χ2n) is 4.26. The Hall–Kier alpha value is -1.40. The van der Waals surface area contributed by atoms with E-state index < -0.39 is 29.4 Å². The molecule has 2 rings (SSSR count). The molecule has 1 N–H and O–H groups in total. The first-order chi connectivity index (χ1) is 9.38. The number of hydrogen-bond acceptors (Lipinski definition) is 1. The summed E-state index contributed by atoms with van der Waals surface area (Å²) in [7, 11) is 0. The van der Waals surface area contributed by atoms with Gasteiger partial charge in [-0.25, -0.2) is 17.6 Å². The van der Waals surface area contributed by atoms with Crippen LogP contribution in [-0.4, -0.2) is 5.11 Å². The molecule has 0 saturated heterocycles. The van der Waals surface area contributed by atoms with Crippen molar-refractivity contribution in [3.63, 3.8) is 0 Å². The predicted octanol–water partition coefficient (Wildman–Crippen LogP) is 4.28. The Balaban J connectivity index is 2.28. The quantitative estimate of drug-likeness (QED) is 0.648. The smallest absolute Gasteiger partial charge is 0.173 e. The van der Waals surface area contributed by atoms with Gasteiger partial charge in [-0.1, -0.05) is 6.07 Å². The van der Waals surface area contributed by atoms with Gasteiger partial charge in [0.2, 0.25) is 0 Å². The highest BCUT2D eigenvalue weighted by molar-refractivity contribution is 9.10. The number of benzene rings is 2. The highest BCUT2D eigenvalue weighted by Crippen LogP contribution is 2.30. The Morgan fingerprint density at radius 3 is 2.20 bits per heavy atom. The summed E-state index contributed by atoms with van der Waals surface area (Å²) in [6.07, 6.45) is -1.35. The molecule has 0 aliphatic heterocycles. The Bertz CT molecular complexity index is 625. The van der Waals surface area contributed by atoms with Gasteiger partial charge in [0.1, 0.15) is 11.6 Å². The van der Waals surface area contributed by atoms with Crippen LogP contribution in [-0.2, 0) is 6.42 Å². The molecule has 0 aliphatic carbocycles. The second-order valence-corrected chi connectivity index (χ2v) is 5.06. The number of hydrogen-bond donors (Lipinski definition) is 1. The summed E-state index contributed by atoms with van der Waals surface area (Å²) in [4.78, 5) is 0. The monoisotopic (exact) mass is 348 g/mol. The summed E-state index contributed by atoms with van der Waals surface area (Å²) in [6.45, 7) is 0.